The Balaban J connectivity index is 2.35. The fourth-order valence-electron chi connectivity index (χ4n) is 1.66. The van der Waals surface area contributed by atoms with Crippen LogP contribution in [0.15, 0.2) is 0 Å². The van der Waals surface area contributed by atoms with Gasteiger partial charge in [0.25, 0.3) is 0 Å². The van der Waals surface area contributed by atoms with Crippen molar-refractivity contribution >= 4 is 0 Å². The van der Waals surface area contributed by atoms with E-state index in [9.17, 15) is 0 Å². The van der Waals surface area contributed by atoms with Gasteiger partial charge in [-0.3, -0.25) is 0 Å². The Kier molecular flexibility index (Phi) is 4.81. The van der Waals surface area contributed by atoms with Crippen LogP contribution in [0.5, 0.6) is 0 Å². The van der Waals surface area contributed by atoms with E-state index in [0.717, 1.165) is 12.8 Å². The van der Waals surface area contributed by atoms with E-state index in [1.165, 1.54) is 0 Å². The molecule has 0 saturated carbocycles. The van der Waals surface area contributed by atoms with Crippen molar-refractivity contribution in [2.24, 2.45) is 0 Å². The minimum absolute atomic E-state index is 0.119. The van der Waals surface area contributed by atoms with Gasteiger partial charge in [0.15, 0.2) is 5.79 Å². The molecule has 0 aromatic rings. The highest BCUT2D eigenvalue weighted by molar-refractivity contribution is 4.76. The second-order valence-electron chi connectivity index (χ2n) is 3.81. The largest absolute Gasteiger partial charge is 0.396 e. The molecule has 1 aliphatic rings. The highest BCUT2D eigenvalue weighted by Gasteiger charge is 2.35. The van der Waals surface area contributed by atoms with Gasteiger partial charge in [-0.25, -0.2) is 0 Å². The third kappa shape index (κ3) is 3.20. The summed E-state index contributed by atoms with van der Waals surface area (Å²) in [5.74, 6) is -0.514. The van der Waals surface area contributed by atoms with Crippen LogP contribution >= 0.6 is 0 Å². The van der Waals surface area contributed by atoms with Crippen LogP contribution in [0.2, 0.25) is 0 Å². The number of rotatable bonds is 6. The van der Waals surface area contributed by atoms with E-state index in [4.69, 9.17) is 14.6 Å². The maximum atomic E-state index is 8.94. The highest BCUT2D eigenvalue weighted by atomic mass is 16.7. The van der Waals surface area contributed by atoms with Crippen LogP contribution in [0.3, 0.4) is 0 Å². The summed E-state index contributed by atoms with van der Waals surface area (Å²) in [4.78, 5) is 0. The second kappa shape index (κ2) is 5.66. The van der Waals surface area contributed by atoms with Gasteiger partial charge in [0.05, 0.1) is 13.2 Å². The van der Waals surface area contributed by atoms with Crippen LogP contribution in [-0.2, 0) is 9.47 Å². The second-order valence-corrected chi connectivity index (χ2v) is 3.81. The number of hydrogen-bond donors (Lipinski definition) is 2. The molecule has 1 saturated heterocycles. The first kappa shape index (κ1) is 11.9. The van der Waals surface area contributed by atoms with Crippen molar-refractivity contribution in [1.29, 1.82) is 0 Å². The number of ether oxygens (including phenoxy) is 2. The summed E-state index contributed by atoms with van der Waals surface area (Å²) in [6.45, 7) is 3.54. The standard InChI is InChI=1S/C10H21NO3/c1-9(11-2)3-4-10(5-6-12)13-7-8-14-10/h9,11-12H,3-8H2,1-2H3. The molecule has 84 valence electrons. The predicted octanol–water partition coefficient (Wildman–Crippen LogP) is 0.500. The Labute approximate surface area is 85.6 Å². The van der Waals surface area contributed by atoms with E-state index >= 15 is 0 Å². The summed E-state index contributed by atoms with van der Waals surface area (Å²) in [5.41, 5.74) is 0. The quantitative estimate of drug-likeness (QED) is 0.660. The zero-order chi connectivity index (χ0) is 10.4. The fourth-order valence-corrected chi connectivity index (χ4v) is 1.66. The van der Waals surface area contributed by atoms with E-state index < -0.39 is 5.79 Å². The molecule has 1 unspecified atom stereocenters. The molecule has 0 radical (unpaired) electrons. The summed E-state index contributed by atoms with van der Waals surface area (Å²) < 4.78 is 11.1. The number of nitrogens with one attached hydrogen (secondary N) is 1. The molecule has 0 amide bonds. The predicted molar refractivity (Wildman–Crippen MR) is 54.1 cm³/mol. The van der Waals surface area contributed by atoms with Crippen molar-refractivity contribution in [2.75, 3.05) is 26.9 Å². The molecule has 1 atom stereocenters. The van der Waals surface area contributed by atoms with E-state index in [1.807, 2.05) is 7.05 Å². The first-order valence-electron chi connectivity index (χ1n) is 5.28. The Morgan fingerprint density at radius 3 is 2.50 bits per heavy atom. The van der Waals surface area contributed by atoms with Crippen LogP contribution in [0.25, 0.3) is 0 Å². The molecular weight excluding hydrogens is 182 g/mol. The van der Waals surface area contributed by atoms with Gasteiger partial charge < -0.3 is 19.9 Å². The molecule has 14 heavy (non-hydrogen) atoms. The molecule has 4 heteroatoms. The SMILES string of the molecule is CNC(C)CCC1(CCO)OCCO1. The molecule has 4 nitrogen and oxygen atoms in total. The maximum absolute atomic E-state index is 8.94. The van der Waals surface area contributed by atoms with Crippen molar-refractivity contribution in [3.8, 4) is 0 Å². The van der Waals surface area contributed by atoms with Crippen molar-refractivity contribution in [2.45, 2.75) is 38.0 Å². The Morgan fingerprint density at radius 1 is 1.36 bits per heavy atom. The van der Waals surface area contributed by atoms with Gasteiger partial charge in [0.2, 0.25) is 0 Å². The van der Waals surface area contributed by atoms with Gasteiger partial charge >= 0.3 is 0 Å². The van der Waals surface area contributed by atoms with E-state index in [0.29, 0.717) is 25.7 Å². The van der Waals surface area contributed by atoms with E-state index in [2.05, 4.69) is 12.2 Å². The summed E-state index contributed by atoms with van der Waals surface area (Å²) in [7, 11) is 1.94. The molecule has 0 spiro atoms. The van der Waals surface area contributed by atoms with Gasteiger partial charge in [-0.05, 0) is 20.4 Å². The van der Waals surface area contributed by atoms with Crippen molar-refractivity contribution in [1.82, 2.24) is 5.32 Å². The monoisotopic (exact) mass is 203 g/mol. The minimum Gasteiger partial charge on any atom is -0.396 e. The molecule has 1 rings (SSSR count). The van der Waals surface area contributed by atoms with Gasteiger partial charge in [-0.2, -0.15) is 0 Å². The van der Waals surface area contributed by atoms with E-state index in [1.54, 1.807) is 0 Å². The number of hydrogen-bond acceptors (Lipinski definition) is 4. The first-order chi connectivity index (χ1) is 6.72. The van der Waals surface area contributed by atoms with Crippen LogP contribution in [0.1, 0.15) is 26.2 Å². The minimum atomic E-state index is -0.514. The molecule has 1 heterocycles. The fraction of sp³-hybridized carbons (Fsp3) is 1.00. The lowest BCUT2D eigenvalue weighted by molar-refractivity contribution is -0.173. The highest BCUT2D eigenvalue weighted by Crippen LogP contribution is 2.28. The van der Waals surface area contributed by atoms with Gasteiger partial charge in [0, 0.05) is 25.5 Å². The molecule has 2 N–H and O–H groups in total. The van der Waals surface area contributed by atoms with Crippen LogP contribution in [0, 0.1) is 0 Å². The van der Waals surface area contributed by atoms with Crippen molar-refractivity contribution in [3.63, 3.8) is 0 Å². The van der Waals surface area contributed by atoms with Crippen molar-refractivity contribution in [3.05, 3.63) is 0 Å². The van der Waals surface area contributed by atoms with Gasteiger partial charge in [-0.15, -0.1) is 0 Å². The third-order valence-corrected chi connectivity index (χ3v) is 2.76. The van der Waals surface area contributed by atoms with Crippen LogP contribution in [0.4, 0.5) is 0 Å². The number of aliphatic hydroxyl groups is 1. The Hall–Kier alpha value is -0.160. The lowest BCUT2D eigenvalue weighted by atomic mass is 10.0. The average molecular weight is 203 g/mol. The molecule has 0 aromatic heterocycles. The molecule has 1 aliphatic heterocycles. The normalized spacial score (nSPS) is 22.5. The zero-order valence-corrected chi connectivity index (χ0v) is 9.08. The van der Waals surface area contributed by atoms with E-state index in [-0.39, 0.29) is 6.61 Å². The van der Waals surface area contributed by atoms with Gasteiger partial charge in [-0.1, -0.05) is 0 Å². The molecular formula is C10H21NO3. The summed E-state index contributed by atoms with van der Waals surface area (Å²) in [6.07, 6.45) is 2.41. The Bertz CT molecular complexity index is 157. The summed E-state index contributed by atoms with van der Waals surface area (Å²) in [6, 6.07) is 0.457. The van der Waals surface area contributed by atoms with Crippen LogP contribution in [-0.4, -0.2) is 43.8 Å². The first-order valence-corrected chi connectivity index (χ1v) is 5.28. The maximum Gasteiger partial charge on any atom is 0.170 e. The molecule has 0 aliphatic carbocycles. The smallest absolute Gasteiger partial charge is 0.170 e. The summed E-state index contributed by atoms with van der Waals surface area (Å²) >= 11 is 0. The molecule has 0 bridgehead atoms. The summed E-state index contributed by atoms with van der Waals surface area (Å²) in [5, 5.41) is 12.1. The lowest BCUT2D eigenvalue weighted by Gasteiger charge is -2.27. The Morgan fingerprint density at radius 2 is 2.00 bits per heavy atom. The number of aliphatic hydroxyl groups excluding tert-OH is 1. The average Bonchev–Trinajstić information content (AvgIpc) is 2.64. The van der Waals surface area contributed by atoms with Crippen LogP contribution < -0.4 is 5.32 Å². The molecule has 0 aromatic carbocycles. The topological polar surface area (TPSA) is 50.7 Å². The van der Waals surface area contributed by atoms with Gasteiger partial charge in [0.1, 0.15) is 0 Å². The molecule has 1 fully saturated rings. The third-order valence-electron chi connectivity index (χ3n) is 2.76. The lowest BCUT2D eigenvalue weighted by Crippen LogP contribution is -2.34. The van der Waals surface area contributed by atoms with Crippen molar-refractivity contribution < 1.29 is 14.6 Å². The zero-order valence-electron chi connectivity index (χ0n) is 9.08.